The van der Waals surface area contributed by atoms with Crippen molar-refractivity contribution < 1.29 is 4.74 Å². The molecule has 4 aromatic heterocycles. The molecule has 1 aliphatic rings. The van der Waals surface area contributed by atoms with Crippen LogP contribution in [0, 0.1) is 11.3 Å². The summed E-state index contributed by atoms with van der Waals surface area (Å²) in [6.07, 6.45) is 6.65. The minimum Gasteiger partial charge on any atom is -0.361 e. The van der Waals surface area contributed by atoms with Gasteiger partial charge in [-0.2, -0.15) is 10.4 Å². The lowest BCUT2D eigenvalue weighted by atomic mass is 10.2. The van der Waals surface area contributed by atoms with Gasteiger partial charge in [0.15, 0.2) is 5.82 Å². The van der Waals surface area contributed by atoms with Gasteiger partial charge in [0.25, 0.3) is 5.56 Å². The van der Waals surface area contributed by atoms with Crippen LogP contribution < -0.4 is 10.5 Å². The summed E-state index contributed by atoms with van der Waals surface area (Å²) < 4.78 is 9.30. The molecule has 0 amide bonds. The first-order valence-electron chi connectivity index (χ1n) is 11.6. The molecule has 0 aromatic carbocycles. The van der Waals surface area contributed by atoms with E-state index in [-0.39, 0.29) is 11.6 Å². The molecule has 10 nitrogen and oxygen atoms in total. The molecule has 1 N–H and O–H groups in total. The second-order valence-corrected chi connectivity index (χ2v) is 16.0. The van der Waals surface area contributed by atoms with Crippen LogP contribution in [0.1, 0.15) is 30.3 Å². The predicted molar refractivity (Wildman–Crippen MR) is 136 cm³/mol. The SMILES string of the molecule is C[Si](C)(C)CCOCn1cc(C#N)c2c(N3CCCC3c3nn4ccc(Cl)c4c(=O)[nH]3)ncnc21. The maximum absolute atomic E-state index is 12.7. The molecule has 1 aliphatic heterocycles. The molecule has 0 bridgehead atoms. The first-order chi connectivity index (χ1) is 16.8. The fourth-order valence-electron chi connectivity index (χ4n) is 4.52. The topological polar surface area (TPSA) is 117 Å². The number of ether oxygens (including phenoxy) is 1. The Hall–Kier alpha value is -3.20. The van der Waals surface area contributed by atoms with Crippen molar-refractivity contribution in [2.75, 3.05) is 18.1 Å². The number of rotatable bonds is 7. The smallest absolute Gasteiger partial charge is 0.276 e. The highest BCUT2D eigenvalue weighted by molar-refractivity contribution is 6.76. The zero-order valence-electron chi connectivity index (χ0n) is 20.0. The third kappa shape index (κ3) is 4.45. The molecule has 4 aromatic rings. The second kappa shape index (κ2) is 9.11. The largest absolute Gasteiger partial charge is 0.361 e. The highest BCUT2D eigenvalue weighted by atomic mass is 35.5. The summed E-state index contributed by atoms with van der Waals surface area (Å²) in [6.45, 7) is 8.65. The van der Waals surface area contributed by atoms with Crippen LogP contribution in [0.25, 0.3) is 16.6 Å². The van der Waals surface area contributed by atoms with Crippen LogP contribution in [0.5, 0.6) is 0 Å². The Kier molecular flexibility index (Phi) is 6.12. The third-order valence-corrected chi connectivity index (χ3v) is 8.32. The summed E-state index contributed by atoms with van der Waals surface area (Å²) in [6, 6.07) is 4.81. The molecule has 5 rings (SSSR count). The van der Waals surface area contributed by atoms with Crippen LogP contribution in [0.4, 0.5) is 5.82 Å². The molecule has 0 aliphatic carbocycles. The summed E-state index contributed by atoms with van der Waals surface area (Å²) >= 11 is 6.13. The third-order valence-electron chi connectivity index (χ3n) is 6.31. The van der Waals surface area contributed by atoms with Crippen LogP contribution in [0.2, 0.25) is 30.7 Å². The van der Waals surface area contributed by atoms with E-state index in [2.05, 4.69) is 50.7 Å². The van der Waals surface area contributed by atoms with E-state index < -0.39 is 8.07 Å². The quantitative estimate of drug-likeness (QED) is 0.295. The summed E-state index contributed by atoms with van der Waals surface area (Å²) in [4.78, 5) is 26.7. The molecule has 0 saturated carbocycles. The highest BCUT2D eigenvalue weighted by Crippen LogP contribution is 2.38. The number of H-pyrrole nitrogens is 1. The average molecular weight is 511 g/mol. The maximum Gasteiger partial charge on any atom is 0.276 e. The van der Waals surface area contributed by atoms with E-state index in [4.69, 9.17) is 16.3 Å². The number of hydrogen-bond donors (Lipinski definition) is 1. The number of fused-ring (bicyclic) bond motifs is 2. The van der Waals surface area contributed by atoms with Gasteiger partial charge in [-0.25, -0.2) is 14.5 Å². The Labute approximate surface area is 208 Å². The van der Waals surface area contributed by atoms with Gasteiger partial charge in [0, 0.05) is 33.6 Å². The molecule has 0 spiro atoms. The van der Waals surface area contributed by atoms with Gasteiger partial charge < -0.3 is 19.2 Å². The first kappa shape index (κ1) is 23.5. The first-order valence-corrected chi connectivity index (χ1v) is 15.7. The van der Waals surface area contributed by atoms with Crippen LogP contribution in [-0.4, -0.2) is 50.4 Å². The van der Waals surface area contributed by atoms with E-state index in [1.807, 2.05) is 4.57 Å². The van der Waals surface area contributed by atoms with Crippen molar-refractivity contribution in [3.05, 3.63) is 51.6 Å². The van der Waals surface area contributed by atoms with E-state index in [1.165, 1.54) is 10.8 Å². The Balaban J connectivity index is 1.50. The molecular weight excluding hydrogens is 484 g/mol. The molecular formula is C23H27ClN8O2Si. The highest BCUT2D eigenvalue weighted by Gasteiger charge is 2.32. The molecule has 5 heterocycles. The molecule has 1 fully saturated rings. The lowest BCUT2D eigenvalue weighted by molar-refractivity contribution is 0.0898. The minimum absolute atomic E-state index is 0.200. The second-order valence-electron chi connectivity index (χ2n) is 10.0. The predicted octanol–water partition coefficient (Wildman–Crippen LogP) is 3.95. The van der Waals surface area contributed by atoms with Crippen molar-refractivity contribution >= 4 is 42.0 Å². The lowest BCUT2D eigenvalue weighted by Gasteiger charge is -2.25. The van der Waals surface area contributed by atoms with Crippen molar-refractivity contribution in [2.24, 2.45) is 0 Å². The van der Waals surface area contributed by atoms with Crippen LogP contribution in [0.15, 0.2) is 29.6 Å². The molecule has 0 radical (unpaired) electrons. The van der Waals surface area contributed by atoms with Gasteiger partial charge in [-0.15, -0.1) is 0 Å². The van der Waals surface area contributed by atoms with Crippen molar-refractivity contribution in [1.29, 1.82) is 5.26 Å². The van der Waals surface area contributed by atoms with E-state index in [1.54, 1.807) is 18.5 Å². The standard InChI is InChI=1S/C23H27ClN8O2Si/c1-35(2,3)10-9-34-14-30-12-15(11-25)18-21(30)26-13-27-22(18)31-7-4-5-17(31)20-28-23(33)19-16(24)6-8-32(19)29-20/h6,8,12-13,17H,4-5,7,9-10,14H2,1-3H3,(H,28,29,33). The van der Waals surface area contributed by atoms with Crippen molar-refractivity contribution in [3.8, 4) is 6.07 Å². The van der Waals surface area contributed by atoms with E-state index >= 15 is 0 Å². The van der Waals surface area contributed by atoms with Gasteiger partial charge in [-0.3, -0.25) is 4.79 Å². The van der Waals surface area contributed by atoms with Gasteiger partial charge in [0.1, 0.15) is 36.1 Å². The van der Waals surface area contributed by atoms with Crippen molar-refractivity contribution in [3.63, 3.8) is 0 Å². The van der Waals surface area contributed by atoms with Gasteiger partial charge in [-0.05, 0) is 25.0 Å². The van der Waals surface area contributed by atoms with E-state index in [9.17, 15) is 10.1 Å². The zero-order chi connectivity index (χ0) is 24.7. The number of anilines is 1. The summed E-state index contributed by atoms with van der Waals surface area (Å²) in [5.41, 5.74) is 1.18. The monoisotopic (exact) mass is 510 g/mol. The molecule has 12 heteroatoms. The number of halogens is 1. The van der Waals surface area contributed by atoms with Crippen LogP contribution >= 0.6 is 11.6 Å². The molecule has 182 valence electrons. The molecule has 1 atom stereocenters. The Morgan fingerprint density at radius 1 is 1.34 bits per heavy atom. The summed E-state index contributed by atoms with van der Waals surface area (Å²) in [7, 11) is -1.20. The fraction of sp³-hybridized carbons (Fsp3) is 0.435. The number of nitrogens with one attached hydrogen (secondary N) is 1. The lowest BCUT2D eigenvalue weighted by Crippen LogP contribution is -2.28. The van der Waals surface area contributed by atoms with Gasteiger partial charge >= 0.3 is 0 Å². The Morgan fingerprint density at radius 3 is 2.94 bits per heavy atom. The van der Waals surface area contributed by atoms with Crippen LogP contribution in [0.3, 0.4) is 0 Å². The molecule has 35 heavy (non-hydrogen) atoms. The van der Waals surface area contributed by atoms with Gasteiger partial charge in [0.2, 0.25) is 0 Å². The zero-order valence-corrected chi connectivity index (χ0v) is 21.7. The normalized spacial score (nSPS) is 16.4. The number of aromatic amines is 1. The van der Waals surface area contributed by atoms with E-state index in [0.717, 1.165) is 18.9 Å². The average Bonchev–Trinajstić information content (AvgIpc) is 3.53. The summed E-state index contributed by atoms with van der Waals surface area (Å²) in [5, 5.41) is 15.5. The Morgan fingerprint density at radius 2 is 2.17 bits per heavy atom. The van der Waals surface area contributed by atoms with Gasteiger partial charge in [-0.1, -0.05) is 31.2 Å². The number of nitrogens with zero attached hydrogens (tertiary/aromatic N) is 7. The van der Waals surface area contributed by atoms with E-state index in [0.29, 0.717) is 58.7 Å². The fourth-order valence-corrected chi connectivity index (χ4v) is 5.50. The van der Waals surface area contributed by atoms with Crippen molar-refractivity contribution in [1.82, 2.24) is 29.1 Å². The summed E-state index contributed by atoms with van der Waals surface area (Å²) in [5.74, 6) is 1.19. The molecule has 1 unspecified atom stereocenters. The number of hydrogen-bond acceptors (Lipinski definition) is 7. The Bertz CT molecular complexity index is 1500. The minimum atomic E-state index is -1.20. The van der Waals surface area contributed by atoms with Crippen LogP contribution in [-0.2, 0) is 11.5 Å². The molecule has 1 saturated heterocycles. The maximum atomic E-state index is 12.7. The van der Waals surface area contributed by atoms with Crippen molar-refractivity contribution in [2.45, 2.75) is 51.3 Å². The number of aromatic nitrogens is 6. The van der Waals surface area contributed by atoms with Gasteiger partial charge in [0.05, 0.1) is 22.0 Å². The number of nitriles is 1.